The van der Waals surface area contributed by atoms with Crippen molar-refractivity contribution in [1.82, 2.24) is 0 Å². The van der Waals surface area contributed by atoms with Gasteiger partial charge in [-0.15, -0.1) is 0 Å². The molecule has 2 nitrogen and oxygen atoms in total. The third-order valence-corrected chi connectivity index (χ3v) is 8.04. The van der Waals surface area contributed by atoms with E-state index >= 15 is 0 Å². The van der Waals surface area contributed by atoms with Gasteiger partial charge >= 0.3 is 6.18 Å². The highest BCUT2D eigenvalue weighted by Crippen LogP contribution is 2.38. The molecule has 0 amide bonds. The number of rotatable bonds is 3. The lowest BCUT2D eigenvalue weighted by molar-refractivity contribution is -0.127. The summed E-state index contributed by atoms with van der Waals surface area (Å²) in [5.74, 6) is 0.463. The van der Waals surface area contributed by atoms with E-state index < -0.39 is 20.9 Å². The number of halogens is 3. The molecule has 0 bridgehead atoms. The first-order chi connectivity index (χ1) is 8.82. The molecule has 0 aliphatic heterocycles. The van der Waals surface area contributed by atoms with Crippen molar-refractivity contribution >= 4 is 14.0 Å². The smallest absolute Gasteiger partial charge is 0.393 e. The van der Waals surface area contributed by atoms with Crippen molar-refractivity contribution in [2.24, 2.45) is 0 Å². The van der Waals surface area contributed by atoms with E-state index in [9.17, 15) is 13.2 Å². The van der Waals surface area contributed by atoms with Crippen molar-refractivity contribution in [3.63, 3.8) is 0 Å². The van der Waals surface area contributed by atoms with Gasteiger partial charge in [0.1, 0.15) is 5.75 Å². The summed E-state index contributed by atoms with van der Waals surface area (Å²) in [6.45, 7) is 10.3. The molecule has 0 aliphatic rings. The summed E-state index contributed by atoms with van der Waals surface area (Å²) < 4.78 is 43.5. The predicted molar refractivity (Wildman–Crippen MR) is 78.4 cm³/mol. The highest BCUT2D eigenvalue weighted by Gasteiger charge is 2.39. The van der Waals surface area contributed by atoms with Crippen LogP contribution in [-0.2, 0) is 6.42 Å². The molecule has 1 aromatic carbocycles. The van der Waals surface area contributed by atoms with Crippen molar-refractivity contribution < 1.29 is 17.6 Å². The molecule has 0 aromatic heterocycles. The molecular weight excluding hydrogens is 283 g/mol. The fourth-order valence-corrected chi connectivity index (χ4v) is 2.48. The van der Waals surface area contributed by atoms with Crippen LogP contribution in [-0.4, -0.2) is 14.5 Å². The number of nitrogen functional groups attached to an aromatic ring is 1. The normalized spacial score (nSPS) is 13.4. The molecule has 0 radical (unpaired) electrons. The molecule has 2 N–H and O–H groups in total. The van der Waals surface area contributed by atoms with Crippen LogP contribution in [0.1, 0.15) is 26.3 Å². The molecule has 0 saturated heterocycles. The average molecular weight is 305 g/mol. The highest BCUT2D eigenvalue weighted by molar-refractivity contribution is 6.74. The maximum absolute atomic E-state index is 12.5. The third-order valence-electron chi connectivity index (χ3n) is 3.68. The lowest BCUT2D eigenvalue weighted by atomic mass is 10.1. The number of nitrogens with two attached hydrogens (primary N) is 1. The second-order valence-corrected chi connectivity index (χ2v) is 11.2. The highest BCUT2D eigenvalue weighted by atomic mass is 28.4. The van der Waals surface area contributed by atoms with E-state index in [0.717, 1.165) is 0 Å². The van der Waals surface area contributed by atoms with Crippen LogP contribution in [0.5, 0.6) is 5.75 Å². The van der Waals surface area contributed by atoms with Crippen molar-refractivity contribution in [2.75, 3.05) is 5.73 Å². The largest absolute Gasteiger partial charge is 0.543 e. The lowest BCUT2D eigenvalue weighted by Crippen LogP contribution is -2.43. The van der Waals surface area contributed by atoms with Crippen LogP contribution >= 0.6 is 0 Å². The zero-order chi connectivity index (χ0) is 15.8. The number of anilines is 1. The fraction of sp³-hybridized carbons (Fsp3) is 0.571. The lowest BCUT2D eigenvalue weighted by Gasteiger charge is -2.36. The molecule has 20 heavy (non-hydrogen) atoms. The van der Waals surface area contributed by atoms with Gasteiger partial charge in [0, 0.05) is 5.69 Å². The van der Waals surface area contributed by atoms with E-state index in [-0.39, 0.29) is 16.3 Å². The molecule has 1 rings (SSSR count). The van der Waals surface area contributed by atoms with Gasteiger partial charge in [-0.25, -0.2) is 0 Å². The number of hydrogen-bond donors (Lipinski definition) is 1. The van der Waals surface area contributed by atoms with Crippen molar-refractivity contribution in [1.29, 1.82) is 0 Å². The van der Waals surface area contributed by atoms with Crippen LogP contribution in [0.2, 0.25) is 18.1 Å². The summed E-state index contributed by atoms with van der Waals surface area (Å²) >= 11 is 0. The van der Waals surface area contributed by atoms with Crippen LogP contribution in [0.25, 0.3) is 0 Å². The van der Waals surface area contributed by atoms with Crippen molar-refractivity contribution in [3.8, 4) is 5.75 Å². The Bertz CT molecular complexity index is 478. The Morgan fingerprint density at radius 1 is 1.15 bits per heavy atom. The third kappa shape index (κ3) is 4.44. The van der Waals surface area contributed by atoms with Crippen LogP contribution in [0.3, 0.4) is 0 Å². The van der Waals surface area contributed by atoms with Gasteiger partial charge in [-0.1, -0.05) is 20.8 Å². The van der Waals surface area contributed by atoms with E-state index in [1.54, 1.807) is 6.07 Å². The second kappa shape index (κ2) is 5.31. The first-order valence-electron chi connectivity index (χ1n) is 6.46. The summed E-state index contributed by atoms with van der Waals surface area (Å²) in [6.07, 6.45) is -5.31. The van der Waals surface area contributed by atoms with Crippen LogP contribution in [0.4, 0.5) is 18.9 Å². The van der Waals surface area contributed by atoms with E-state index in [2.05, 4.69) is 20.8 Å². The van der Waals surface area contributed by atoms with Gasteiger partial charge < -0.3 is 10.2 Å². The Morgan fingerprint density at radius 2 is 1.70 bits per heavy atom. The topological polar surface area (TPSA) is 35.2 Å². The molecule has 1 aromatic rings. The van der Waals surface area contributed by atoms with E-state index in [4.69, 9.17) is 10.2 Å². The SMILES string of the molecule is CC(C)(C)[Si](C)(C)Oc1ccc(N)c(CC(F)(F)F)c1. The van der Waals surface area contributed by atoms with Gasteiger partial charge in [0.15, 0.2) is 0 Å². The van der Waals surface area contributed by atoms with Crippen LogP contribution < -0.4 is 10.2 Å². The van der Waals surface area contributed by atoms with Crippen molar-refractivity contribution in [2.45, 2.75) is 51.5 Å². The summed E-state index contributed by atoms with van der Waals surface area (Å²) in [5.41, 5.74) is 5.81. The summed E-state index contributed by atoms with van der Waals surface area (Å²) in [6, 6.07) is 4.52. The minimum absolute atomic E-state index is 0.0153. The minimum Gasteiger partial charge on any atom is -0.543 e. The Morgan fingerprint density at radius 3 is 2.15 bits per heavy atom. The first-order valence-corrected chi connectivity index (χ1v) is 9.37. The molecule has 0 fully saturated rings. The molecule has 0 aliphatic carbocycles. The number of hydrogen-bond acceptors (Lipinski definition) is 2. The van der Waals surface area contributed by atoms with E-state index in [1.807, 2.05) is 13.1 Å². The van der Waals surface area contributed by atoms with Gasteiger partial charge in [0.25, 0.3) is 0 Å². The maximum atomic E-state index is 12.5. The standard InChI is InChI=1S/C14H22F3NOSi/c1-13(2,3)20(4,5)19-11-6-7-12(18)10(8-11)9-14(15,16)17/h6-8H,9,18H2,1-5H3. The molecule has 0 unspecified atom stereocenters. The average Bonchev–Trinajstić information content (AvgIpc) is 2.18. The molecule has 0 spiro atoms. The predicted octanol–water partition coefficient (Wildman–Crippen LogP) is 4.76. The molecular formula is C14H22F3NOSi. The van der Waals surface area contributed by atoms with Crippen LogP contribution in [0.15, 0.2) is 18.2 Å². The Labute approximate surface area is 119 Å². The summed E-state index contributed by atoms with van der Waals surface area (Å²) in [7, 11) is -2.07. The molecule has 6 heteroatoms. The zero-order valence-corrected chi connectivity index (χ0v) is 13.6. The monoisotopic (exact) mass is 305 g/mol. The zero-order valence-electron chi connectivity index (χ0n) is 12.6. The summed E-state index contributed by atoms with van der Waals surface area (Å²) in [4.78, 5) is 0. The number of benzene rings is 1. The van der Waals surface area contributed by atoms with Gasteiger partial charge in [-0.05, 0) is 41.9 Å². The molecule has 0 saturated carbocycles. The quantitative estimate of drug-likeness (QED) is 0.645. The van der Waals surface area contributed by atoms with Gasteiger partial charge in [-0.3, -0.25) is 0 Å². The fourth-order valence-electron chi connectivity index (χ4n) is 1.46. The number of alkyl halides is 3. The minimum atomic E-state index is -4.27. The maximum Gasteiger partial charge on any atom is 0.393 e. The van der Waals surface area contributed by atoms with E-state index in [0.29, 0.717) is 5.75 Å². The molecule has 114 valence electrons. The Balaban J connectivity index is 3.02. The van der Waals surface area contributed by atoms with E-state index in [1.165, 1.54) is 12.1 Å². The Kier molecular flexibility index (Phi) is 4.48. The van der Waals surface area contributed by atoms with Gasteiger partial charge in [0.05, 0.1) is 6.42 Å². The van der Waals surface area contributed by atoms with Crippen molar-refractivity contribution in [3.05, 3.63) is 23.8 Å². The Hall–Kier alpha value is -1.17. The van der Waals surface area contributed by atoms with Gasteiger partial charge in [-0.2, -0.15) is 13.2 Å². The first kappa shape index (κ1) is 16.9. The molecule has 0 atom stereocenters. The van der Waals surface area contributed by atoms with Crippen LogP contribution in [0, 0.1) is 0 Å². The molecule has 0 heterocycles. The second-order valence-electron chi connectivity index (χ2n) is 6.51. The van der Waals surface area contributed by atoms with Gasteiger partial charge in [0.2, 0.25) is 8.32 Å². The summed E-state index contributed by atoms with van der Waals surface area (Å²) in [5, 5.41) is -0.0153.